The number of hydrazone groups is 1. The first-order chi connectivity index (χ1) is 16.1. The van der Waals surface area contributed by atoms with Crippen LogP contribution in [0.2, 0.25) is 15.1 Å². The average molecular weight is 515 g/mol. The monoisotopic (exact) mass is 513 g/mol. The van der Waals surface area contributed by atoms with E-state index in [1.807, 2.05) is 59.6 Å². The molecule has 0 aliphatic carbocycles. The van der Waals surface area contributed by atoms with E-state index in [1.165, 1.54) is 5.56 Å². The van der Waals surface area contributed by atoms with E-state index in [4.69, 9.17) is 39.9 Å². The number of carbonyl (C=O) groups is 1. The van der Waals surface area contributed by atoms with Crippen LogP contribution in [0, 0.1) is 0 Å². The van der Waals surface area contributed by atoms with Gasteiger partial charge in [0.15, 0.2) is 0 Å². The molecule has 0 fully saturated rings. The molecule has 1 heterocycles. The van der Waals surface area contributed by atoms with Crippen LogP contribution in [-0.2, 0) is 5.41 Å². The minimum Gasteiger partial charge on any atom is -0.347 e. The Bertz CT molecular complexity index is 1220. The van der Waals surface area contributed by atoms with Gasteiger partial charge in [-0.05, 0) is 59.0 Å². The van der Waals surface area contributed by atoms with E-state index < -0.39 is 0 Å². The zero-order chi connectivity index (χ0) is 24.5. The Morgan fingerprint density at radius 3 is 2.24 bits per heavy atom. The summed E-state index contributed by atoms with van der Waals surface area (Å²) < 4.78 is 0. The van der Waals surface area contributed by atoms with E-state index in [2.05, 4.69) is 26.1 Å². The Balaban J connectivity index is 1.53. The number of hydrogen-bond acceptors (Lipinski definition) is 3. The second-order valence-corrected chi connectivity index (χ2v) is 10.7. The third-order valence-electron chi connectivity index (χ3n) is 5.85. The van der Waals surface area contributed by atoms with Crippen molar-refractivity contribution in [2.24, 2.45) is 5.10 Å². The Kier molecular flexibility index (Phi) is 7.22. The molecule has 1 unspecified atom stereocenters. The van der Waals surface area contributed by atoms with Gasteiger partial charge in [0.2, 0.25) is 0 Å². The number of rotatable bonds is 5. The molecular formula is C27H26Cl3N3O. The second kappa shape index (κ2) is 9.99. The van der Waals surface area contributed by atoms with Gasteiger partial charge < -0.3 is 5.32 Å². The molecule has 176 valence electrons. The largest absolute Gasteiger partial charge is 0.347 e. The molecule has 7 heteroatoms. The van der Waals surface area contributed by atoms with Crippen LogP contribution < -0.4 is 10.3 Å². The fourth-order valence-electron chi connectivity index (χ4n) is 3.92. The summed E-state index contributed by atoms with van der Waals surface area (Å²) in [7, 11) is 0. The maximum absolute atomic E-state index is 12.8. The van der Waals surface area contributed by atoms with Crippen LogP contribution in [0.3, 0.4) is 0 Å². The van der Waals surface area contributed by atoms with Crippen molar-refractivity contribution in [3.63, 3.8) is 0 Å². The maximum atomic E-state index is 12.8. The van der Waals surface area contributed by atoms with Crippen LogP contribution >= 0.6 is 34.8 Å². The second-order valence-electron chi connectivity index (χ2n) is 9.39. The maximum Gasteiger partial charge on any atom is 0.251 e. The summed E-state index contributed by atoms with van der Waals surface area (Å²) in [6.45, 7) is 6.79. The summed E-state index contributed by atoms with van der Waals surface area (Å²) in [5.74, 6) is -0.130. The number of hydrogen-bond donors (Lipinski definition) is 1. The SMILES string of the molecule is CC(C)(C)c1ccc(C(=O)NCC2=NN(c3ccc(Cl)cc3Cl)C(c3ccc(Cl)cc3)C2)cc1. The first kappa shape index (κ1) is 24.6. The standard InChI is InChI=1S/C27H26Cl3N3O/c1-27(2,3)19-8-4-18(5-9-19)26(34)31-16-22-15-25(17-6-10-20(28)11-7-17)33(32-22)24-13-12-21(29)14-23(24)30/h4-14,25H,15-16H2,1-3H3,(H,31,34). The van der Waals surface area contributed by atoms with E-state index in [0.717, 1.165) is 17.0 Å². The van der Waals surface area contributed by atoms with Crippen molar-refractivity contribution < 1.29 is 4.79 Å². The molecule has 0 spiro atoms. The Morgan fingerprint density at radius 2 is 1.62 bits per heavy atom. The Hall–Kier alpha value is -2.53. The predicted molar refractivity (Wildman–Crippen MR) is 143 cm³/mol. The van der Waals surface area contributed by atoms with E-state index in [1.54, 1.807) is 12.1 Å². The summed E-state index contributed by atoms with van der Waals surface area (Å²) in [5, 5.41) is 11.5. The number of halogens is 3. The van der Waals surface area contributed by atoms with Crippen molar-refractivity contribution in [1.82, 2.24) is 5.32 Å². The molecule has 1 amide bonds. The molecule has 4 nitrogen and oxygen atoms in total. The van der Waals surface area contributed by atoms with Gasteiger partial charge in [0.1, 0.15) is 0 Å². The highest BCUT2D eigenvalue weighted by molar-refractivity contribution is 6.36. The van der Waals surface area contributed by atoms with Gasteiger partial charge >= 0.3 is 0 Å². The van der Waals surface area contributed by atoms with Gasteiger partial charge in [-0.2, -0.15) is 5.10 Å². The molecule has 0 bridgehead atoms. The van der Waals surface area contributed by atoms with E-state index in [9.17, 15) is 4.79 Å². The van der Waals surface area contributed by atoms with Crippen molar-refractivity contribution in [1.29, 1.82) is 0 Å². The summed E-state index contributed by atoms with van der Waals surface area (Å²) in [4.78, 5) is 12.8. The fraction of sp³-hybridized carbons (Fsp3) is 0.259. The van der Waals surface area contributed by atoms with Gasteiger partial charge in [0.25, 0.3) is 5.91 Å². The van der Waals surface area contributed by atoms with Crippen LogP contribution in [-0.4, -0.2) is 18.2 Å². The lowest BCUT2D eigenvalue weighted by atomic mass is 9.87. The van der Waals surface area contributed by atoms with Gasteiger partial charge in [-0.3, -0.25) is 9.80 Å². The van der Waals surface area contributed by atoms with Crippen molar-refractivity contribution in [3.8, 4) is 0 Å². The highest BCUT2D eigenvalue weighted by atomic mass is 35.5. The minimum absolute atomic E-state index is 0.0384. The number of nitrogens with one attached hydrogen (secondary N) is 1. The lowest BCUT2D eigenvalue weighted by Crippen LogP contribution is -2.29. The molecule has 3 aromatic carbocycles. The van der Waals surface area contributed by atoms with Crippen LogP contribution in [0.1, 0.15) is 54.7 Å². The van der Waals surface area contributed by atoms with Crippen LogP contribution in [0.25, 0.3) is 0 Å². The predicted octanol–water partition coefficient (Wildman–Crippen LogP) is 7.68. The molecule has 3 aromatic rings. The lowest BCUT2D eigenvalue weighted by Gasteiger charge is -2.25. The molecule has 0 saturated heterocycles. The van der Waals surface area contributed by atoms with Crippen molar-refractivity contribution in [3.05, 3.63) is 98.5 Å². The van der Waals surface area contributed by atoms with Gasteiger partial charge in [-0.1, -0.05) is 79.8 Å². The van der Waals surface area contributed by atoms with Gasteiger partial charge in [0, 0.05) is 22.0 Å². The third-order valence-corrected chi connectivity index (χ3v) is 6.64. The molecule has 1 aliphatic heterocycles. The van der Waals surface area contributed by atoms with E-state index >= 15 is 0 Å². The van der Waals surface area contributed by atoms with E-state index in [0.29, 0.717) is 33.6 Å². The first-order valence-electron chi connectivity index (χ1n) is 11.1. The first-order valence-corrected chi connectivity index (χ1v) is 12.2. The smallest absolute Gasteiger partial charge is 0.251 e. The number of benzene rings is 3. The molecule has 1 atom stereocenters. The third kappa shape index (κ3) is 5.57. The minimum atomic E-state index is -0.130. The Labute approximate surface area is 215 Å². The van der Waals surface area contributed by atoms with E-state index in [-0.39, 0.29) is 17.4 Å². The molecule has 34 heavy (non-hydrogen) atoms. The summed E-state index contributed by atoms with van der Waals surface area (Å²) in [6.07, 6.45) is 0.643. The number of nitrogens with zero attached hydrogens (tertiary/aromatic N) is 2. The Morgan fingerprint density at radius 1 is 0.971 bits per heavy atom. The molecule has 4 rings (SSSR count). The molecule has 1 aliphatic rings. The van der Waals surface area contributed by atoms with Crippen LogP contribution in [0.15, 0.2) is 71.8 Å². The summed E-state index contributed by atoms with van der Waals surface area (Å²) in [5.41, 5.74) is 4.51. The van der Waals surface area contributed by atoms with Gasteiger partial charge in [0.05, 0.1) is 29.0 Å². The lowest BCUT2D eigenvalue weighted by molar-refractivity contribution is 0.0959. The molecule has 0 radical (unpaired) electrons. The highest BCUT2D eigenvalue weighted by Gasteiger charge is 2.30. The average Bonchev–Trinajstić information content (AvgIpc) is 3.21. The van der Waals surface area contributed by atoms with Gasteiger partial charge in [-0.15, -0.1) is 0 Å². The molecule has 1 N–H and O–H groups in total. The van der Waals surface area contributed by atoms with Crippen LogP contribution in [0.4, 0.5) is 5.69 Å². The zero-order valence-corrected chi connectivity index (χ0v) is 21.5. The normalized spacial score (nSPS) is 15.9. The number of carbonyl (C=O) groups excluding carboxylic acids is 1. The highest BCUT2D eigenvalue weighted by Crippen LogP contribution is 2.39. The molecular weight excluding hydrogens is 489 g/mol. The summed E-state index contributed by atoms with van der Waals surface area (Å²) in [6, 6.07) is 20.7. The summed E-state index contributed by atoms with van der Waals surface area (Å²) >= 11 is 18.7. The molecule has 0 aromatic heterocycles. The topological polar surface area (TPSA) is 44.7 Å². The number of amides is 1. The van der Waals surface area contributed by atoms with Gasteiger partial charge in [-0.25, -0.2) is 0 Å². The number of anilines is 1. The van der Waals surface area contributed by atoms with Crippen molar-refractivity contribution in [2.45, 2.75) is 38.6 Å². The quantitative estimate of drug-likeness (QED) is 0.379. The van der Waals surface area contributed by atoms with Crippen molar-refractivity contribution >= 4 is 52.1 Å². The molecule has 0 saturated carbocycles. The fourth-order valence-corrected chi connectivity index (χ4v) is 4.54. The zero-order valence-electron chi connectivity index (χ0n) is 19.3. The van der Waals surface area contributed by atoms with Crippen LogP contribution in [0.5, 0.6) is 0 Å². The van der Waals surface area contributed by atoms with Crippen molar-refractivity contribution in [2.75, 3.05) is 11.6 Å².